The van der Waals surface area contributed by atoms with Gasteiger partial charge in [0.15, 0.2) is 0 Å². The Balaban J connectivity index is 1.69. The van der Waals surface area contributed by atoms with Gasteiger partial charge < -0.3 is 9.80 Å². The van der Waals surface area contributed by atoms with Crippen LogP contribution in [0, 0.1) is 0 Å². The first-order valence-electron chi connectivity index (χ1n) is 14.1. The fraction of sp³-hybridized carbons (Fsp3) is 0.733. The van der Waals surface area contributed by atoms with Crippen LogP contribution in [0.3, 0.4) is 0 Å². The maximum atomic E-state index is 2.64. The van der Waals surface area contributed by atoms with E-state index in [1.165, 1.54) is 121 Å². The van der Waals surface area contributed by atoms with E-state index < -0.39 is 0 Å². The van der Waals surface area contributed by atoms with Gasteiger partial charge in [-0.05, 0) is 24.8 Å². The van der Waals surface area contributed by atoms with Crippen molar-refractivity contribution in [2.75, 3.05) is 6.54 Å². The van der Waals surface area contributed by atoms with Crippen LogP contribution in [0.15, 0.2) is 42.7 Å². The fourth-order valence-corrected chi connectivity index (χ4v) is 4.96. The lowest BCUT2D eigenvalue weighted by Crippen LogP contribution is -2.38. The zero-order valence-corrected chi connectivity index (χ0v) is 21.4. The van der Waals surface area contributed by atoms with Gasteiger partial charge in [0.25, 0.3) is 0 Å². The van der Waals surface area contributed by atoms with Gasteiger partial charge in [0.1, 0.15) is 6.17 Å². The molecule has 1 aromatic carbocycles. The Morgan fingerprint density at radius 1 is 0.562 bits per heavy atom. The molecule has 0 spiro atoms. The number of rotatable bonds is 20. The molecule has 1 heterocycles. The predicted octanol–water partition coefficient (Wildman–Crippen LogP) is 9.27. The van der Waals surface area contributed by atoms with E-state index in [0.29, 0.717) is 6.17 Å². The van der Waals surface area contributed by atoms with E-state index in [2.05, 4.69) is 66.4 Å². The van der Waals surface area contributed by atoms with Crippen molar-refractivity contribution in [3.8, 4) is 0 Å². The van der Waals surface area contributed by atoms with Crippen molar-refractivity contribution in [3.63, 3.8) is 0 Å². The van der Waals surface area contributed by atoms with Gasteiger partial charge in [0, 0.05) is 25.5 Å². The van der Waals surface area contributed by atoms with Crippen molar-refractivity contribution in [3.05, 3.63) is 48.3 Å². The highest BCUT2D eigenvalue weighted by Gasteiger charge is 2.25. The van der Waals surface area contributed by atoms with Gasteiger partial charge in [-0.1, -0.05) is 134 Å². The van der Waals surface area contributed by atoms with E-state index in [4.69, 9.17) is 0 Å². The van der Waals surface area contributed by atoms with E-state index in [1.807, 2.05) is 0 Å². The molecule has 0 N–H and O–H groups in total. The highest BCUT2D eigenvalue weighted by atomic mass is 15.4. The summed E-state index contributed by atoms with van der Waals surface area (Å²) in [6.45, 7) is 6.85. The van der Waals surface area contributed by atoms with Gasteiger partial charge >= 0.3 is 0 Å². The first-order valence-corrected chi connectivity index (χ1v) is 14.1. The molecule has 2 nitrogen and oxygen atoms in total. The number of hydrogen-bond donors (Lipinski definition) is 0. The minimum absolute atomic E-state index is 0.555. The lowest BCUT2D eigenvalue weighted by molar-refractivity contribution is 0.132. The van der Waals surface area contributed by atoms with Crippen molar-refractivity contribution in [1.29, 1.82) is 0 Å². The summed E-state index contributed by atoms with van der Waals surface area (Å²) in [6, 6.07) is 11.0. The van der Waals surface area contributed by atoms with E-state index in [9.17, 15) is 0 Å². The Morgan fingerprint density at radius 3 is 1.66 bits per heavy atom. The Hall–Kier alpha value is -1.44. The number of benzene rings is 1. The van der Waals surface area contributed by atoms with Crippen LogP contribution in [0.25, 0.3) is 0 Å². The summed E-state index contributed by atoms with van der Waals surface area (Å²) in [5.41, 5.74) is 1.42. The molecule has 0 fully saturated rings. The molecule has 0 saturated carbocycles. The van der Waals surface area contributed by atoms with Gasteiger partial charge in [-0.15, -0.1) is 0 Å². The Kier molecular flexibility index (Phi) is 15.1. The Bertz CT molecular complexity index is 567. The lowest BCUT2D eigenvalue weighted by Gasteiger charge is -2.33. The van der Waals surface area contributed by atoms with E-state index in [-0.39, 0.29) is 0 Å². The molecule has 0 amide bonds. The molecule has 1 aliphatic rings. The summed E-state index contributed by atoms with van der Waals surface area (Å²) in [5, 5.41) is 0. The molecule has 0 bridgehead atoms. The third-order valence-corrected chi connectivity index (χ3v) is 7.01. The van der Waals surface area contributed by atoms with E-state index in [1.54, 1.807) is 0 Å². The van der Waals surface area contributed by atoms with Crippen LogP contribution in [0.4, 0.5) is 0 Å². The zero-order chi connectivity index (χ0) is 22.7. The standard InChI is InChI=1S/C30H52N2/c1-3-5-7-9-11-12-13-14-15-20-24-30-31(25-21-16-10-8-6-4-2)26-27-32(30)28-29-22-18-17-19-23-29/h17-19,22-23,26-27,30H,3-16,20-21,24-25,28H2,1-2H3. The second-order valence-electron chi connectivity index (χ2n) is 9.91. The van der Waals surface area contributed by atoms with Crippen molar-refractivity contribution in [2.45, 2.75) is 136 Å². The highest BCUT2D eigenvalue weighted by molar-refractivity contribution is 5.15. The molecule has 1 aliphatic heterocycles. The van der Waals surface area contributed by atoms with Gasteiger partial charge in [-0.3, -0.25) is 0 Å². The first kappa shape index (κ1) is 26.8. The lowest BCUT2D eigenvalue weighted by atomic mass is 10.0. The molecule has 0 saturated heterocycles. The second kappa shape index (κ2) is 18.0. The molecule has 2 rings (SSSR count). The summed E-state index contributed by atoms with van der Waals surface area (Å²) in [7, 11) is 0. The summed E-state index contributed by atoms with van der Waals surface area (Å²) in [6.07, 6.45) is 29.0. The Labute approximate surface area is 200 Å². The summed E-state index contributed by atoms with van der Waals surface area (Å²) >= 11 is 0. The average Bonchev–Trinajstić information content (AvgIpc) is 3.19. The van der Waals surface area contributed by atoms with Crippen molar-refractivity contribution in [2.24, 2.45) is 0 Å². The topological polar surface area (TPSA) is 6.48 Å². The molecule has 1 atom stereocenters. The van der Waals surface area contributed by atoms with Crippen LogP contribution >= 0.6 is 0 Å². The molecule has 2 heteroatoms. The second-order valence-corrected chi connectivity index (χ2v) is 9.91. The Morgan fingerprint density at radius 2 is 1.06 bits per heavy atom. The van der Waals surface area contributed by atoms with Crippen LogP contribution in [0.1, 0.15) is 129 Å². The third-order valence-electron chi connectivity index (χ3n) is 7.01. The average molecular weight is 441 g/mol. The molecule has 0 aromatic heterocycles. The molecule has 1 aromatic rings. The summed E-state index contributed by atoms with van der Waals surface area (Å²) in [5.74, 6) is 0. The van der Waals surface area contributed by atoms with Crippen LogP contribution in [0.2, 0.25) is 0 Å². The third kappa shape index (κ3) is 11.4. The van der Waals surface area contributed by atoms with Crippen molar-refractivity contribution < 1.29 is 0 Å². The van der Waals surface area contributed by atoms with Crippen LogP contribution < -0.4 is 0 Å². The summed E-state index contributed by atoms with van der Waals surface area (Å²) in [4.78, 5) is 5.22. The van der Waals surface area contributed by atoms with Crippen LogP contribution in [-0.4, -0.2) is 22.5 Å². The van der Waals surface area contributed by atoms with Crippen molar-refractivity contribution >= 4 is 0 Å². The number of hydrogen-bond acceptors (Lipinski definition) is 2. The number of unbranched alkanes of at least 4 members (excludes halogenated alkanes) is 14. The van der Waals surface area contributed by atoms with E-state index in [0.717, 1.165) is 6.54 Å². The van der Waals surface area contributed by atoms with Crippen LogP contribution in [-0.2, 0) is 6.54 Å². The summed E-state index contributed by atoms with van der Waals surface area (Å²) < 4.78 is 0. The van der Waals surface area contributed by atoms with Crippen LogP contribution in [0.5, 0.6) is 0 Å². The molecular weight excluding hydrogens is 388 g/mol. The molecule has 1 unspecified atom stereocenters. The SMILES string of the molecule is CCCCCCCCCCCCC1N(CCCCCCCC)C=CN1Cc1ccccc1. The molecule has 182 valence electrons. The van der Waals surface area contributed by atoms with Crippen molar-refractivity contribution in [1.82, 2.24) is 9.80 Å². The number of nitrogens with zero attached hydrogens (tertiary/aromatic N) is 2. The smallest absolute Gasteiger partial charge is 0.101 e. The predicted molar refractivity (Wildman–Crippen MR) is 141 cm³/mol. The highest BCUT2D eigenvalue weighted by Crippen LogP contribution is 2.25. The minimum atomic E-state index is 0.555. The minimum Gasteiger partial charge on any atom is -0.356 e. The zero-order valence-electron chi connectivity index (χ0n) is 21.4. The maximum absolute atomic E-state index is 2.64. The molecule has 0 radical (unpaired) electrons. The molecule has 32 heavy (non-hydrogen) atoms. The van der Waals surface area contributed by atoms with Gasteiger partial charge in [-0.25, -0.2) is 0 Å². The van der Waals surface area contributed by atoms with Gasteiger partial charge in [0.05, 0.1) is 0 Å². The van der Waals surface area contributed by atoms with Gasteiger partial charge in [-0.2, -0.15) is 0 Å². The largest absolute Gasteiger partial charge is 0.356 e. The fourth-order valence-electron chi connectivity index (χ4n) is 4.96. The quantitative estimate of drug-likeness (QED) is 0.186. The maximum Gasteiger partial charge on any atom is 0.101 e. The molecule has 0 aliphatic carbocycles. The monoisotopic (exact) mass is 440 g/mol. The van der Waals surface area contributed by atoms with Gasteiger partial charge in [0.2, 0.25) is 0 Å². The first-order chi connectivity index (χ1) is 15.8. The normalized spacial score (nSPS) is 15.8. The molecular formula is C30H52N2. The van der Waals surface area contributed by atoms with E-state index >= 15 is 0 Å².